The number of benzene rings is 5. The zero-order valence-electron chi connectivity index (χ0n) is 36.6. The second-order valence-electron chi connectivity index (χ2n) is 18.4. The lowest BCUT2D eigenvalue weighted by Gasteiger charge is -2.37. The maximum Gasteiger partial charge on any atom is 0.462 e. The van der Waals surface area contributed by atoms with Crippen molar-refractivity contribution >= 4 is 12.9 Å². The summed E-state index contributed by atoms with van der Waals surface area (Å²) in [6.45, 7) is 11.2. The number of allylic oxidation sites excluding steroid dienone is 4. The smallest absolute Gasteiger partial charge is 0.462 e. The van der Waals surface area contributed by atoms with Crippen LogP contribution >= 0.6 is 7.60 Å². The Hall–Kier alpha value is -6.95. The largest absolute Gasteiger partial charge is 0.508 e. The first-order valence-electron chi connectivity index (χ1n) is 21.9. The Labute approximate surface area is 374 Å². The number of rotatable bonds is 3. The number of hydrogen-bond donors (Lipinski definition) is 4. The van der Waals surface area contributed by atoms with Gasteiger partial charge in [0.1, 0.15) is 17.2 Å². The highest BCUT2D eigenvalue weighted by Gasteiger charge is 2.46. The first-order valence-corrected chi connectivity index (χ1v) is 23.5. The van der Waals surface area contributed by atoms with Gasteiger partial charge in [0.15, 0.2) is 0 Å². The number of H-pyrrole nitrogens is 3. The third-order valence-corrected chi connectivity index (χ3v) is 16.6. The summed E-state index contributed by atoms with van der Waals surface area (Å²) in [7, 11) is -4.01. The Balaban J connectivity index is 1.23. The number of nitrogens with one attached hydrogen (secondary N) is 3. The third-order valence-electron chi connectivity index (χ3n) is 14.8. The zero-order chi connectivity index (χ0) is 44.1. The molecule has 14 bridgehead atoms. The fourth-order valence-electron chi connectivity index (χ4n) is 10.6. The molecule has 8 aromatic rings. The first kappa shape index (κ1) is 39.9. The van der Waals surface area contributed by atoms with Crippen LogP contribution in [0.1, 0.15) is 96.1 Å². The molecule has 1 aliphatic carbocycles. The quantitative estimate of drug-likeness (QED) is 0.133. The Morgan fingerprint density at radius 2 is 0.875 bits per heavy atom. The molecule has 0 radical (unpaired) electrons. The summed E-state index contributed by atoms with van der Waals surface area (Å²) in [4.78, 5) is 12.0. The van der Waals surface area contributed by atoms with E-state index in [2.05, 4.69) is 141 Å². The lowest BCUT2D eigenvalue weighted by Crippen LogP contribution is -2.32. The normalized spacial score (nSPS) is 25.8. The fraction of sp³-hybridized carbons (Fsp3) is 0.179. The van der Waals surface area contributed by atoms with E-state index in [1.165, 1.54) is 22.3 Å². The van der Waals surface area contributed by atoms with Crippen molar-refractivity contribution in [2.24, 2.45) is 0 Å². The van der Waals surface area contributed by atoms with Gasteiger partial charge in [0.2, 0.25) is 0 Å². The molecule has 0 saturated carbocycles. The van der Waals surface area contributed by atoms with Crippen molar-refractivity contribution in [3.63, 3.8) is 0 Å². The maximum absolute atomic E-state index is 15.4. The molecule has 2 aliphatic heterocycles. The molecule has 3 aromatic heterocycles. The van der Waals surface area contributed by atoms with Crippen LogP contribution in [0.2, 0.25) is 0 Å². The summed E-state index contributed by atoms with van der Waals surface area (Å²) in [6.07, 6.45) is 5.30. The molecule has 5 heterocycles. The first-order chi connectivity index (χ1) is 30.8. The Bertz CT molecular complexity index is 3250. The van der Waals surface area contributed by atoms with Crippen LogP contribution in [0.4, 0.5) is 0 Å². The van der Waals surface area contributed by atoms with Gasteiger partial charge in [-0.25, -0.2) is 4.57 Å². The summed E-state index contributed by atoms with van der Waals surface area (Å²) in [5.74, 6) is 1.07. The minimum atomic E-state index is -4.01. The van der Waals surface area contributed by atoms with E-state index < -0.39 is 29.3 Å². The summed E-state index contributed by atoms with van der Waals surface area (Å²) in [5.41, 5.74) is 10.8. The molecule has 11 rings (SSSR count). The molecule has 5 aromatic carbocycles. The molecule has 3 aliphatic rings. The average Bonchev–Trinajstić information content (AvgIpc) is 4.16. The lowest BCUT2D eigenvalue weighted by atomic mass is 9.68. The van der Waals surface area contributed by atoms with Gasteiger partial charge in [0, 0.05) is 34.2 Å². The van der Waals surface area contributed by atoms with E-state index in [9.17, 15) is 5.11 Å². The number of hydrogen-bond acceptors (Lipinski definition) is 4. The van der Waals surface area contributed by atoms with Crippen molar-refractivity contribution in [3.05, 3.63) is 249 Å². The molecule has 8 heteroatoms. The number of phenolic OH excluding ortho intramolecular Hbond substituents is 1. The lowest BCUT2D eigenvalue weighted by molar-refractivity contribution is 0.398. The van der Waals surface area contributed by atoms with E-state index >= 15 is 4.57 Å². The van der Waals surface area contributed by atoms with Crippen molar-refractivity contribution in [2.75, 3.05) is 0 Å². The van der Waals surface area contributed by atoms with Crippen LogP contribution in [-0.2, 0) is 26.2 Å². The second-order valence-corrected chi connectivity index (χ2v) is 20.3. The predicted molar refractivity (Wildman–Crippen MR) is 254 cm³/mol. The van der Waals surface area contributed by atoms with Gasteiger partial charge in [-0.3, -0.25) is 0 Å². The molecule has 64 heavy (non-hydrogen) atoms. The topological polar surface area (TPSA) is 103 Å². The van der Waals surface area contributed by atoms with Crippen LogP contribution in [0.3, 0.4) is 0 Å². The van der Waals surface area contributed by atoms with Gasteiger partial charge in [-0.05, 0) is 159 Å². The zero-order valence-corrected chi connectivity index (χ0v) is 37.5. The number of aromatic amines is 3. The molecule has 5 atom stereocenters. The average molecular weight is 860 g/mol. The van der Waals surface area contributed by atoms with E-state index in [4.69, 9.17) is 9.05 Å². The van der Waals surface area contributed by atoms with Crippen molar-refractivity contribution in [2.45, 2.75) is 62.7 Å². The van der Waals surface area contributed by atoms with Gasteiger partial charge in [-0.2, -0.15) is 0 Å². The van der Waals surface area contributed by atoms with Crippen molar-refractivity contribution in [1.29, 1.82) is 0 Å². The number of fused-ring (bicyclic) bond motifs is 14. The van der Waals surface area contributed by atoms with Crippen LogP contribution < -0.4 is 14.4 Å². The summed E-state index contributed by atoms with van der Waals surface area (Å²) >= 11 is 0. The fourth-order valence-corrected chi connectivity index (χ4v) is 12.2. The van der Waals surface area contributed by atoms with Gasteiger partial charge in [0.25, 0.3) is 0 Å². The molecule has 4 N–H and O–H groups in total. The summed E-state index contributed by atoms with van der Waals surface area (Å²) < 4.78 is 28.6. The Morgan fingerprint density at radius 3 is 1.34 bits per heavy atom. The van der Waals surface area contributed by atoms with Gasteiger partial charge in [0.05, 0.1) is 27.0 Å². The van der Waals surface area contributed by atoms with Crippen molar-refractivity contribution in [1.82, 2.24) is 15.0 Å². The predicted octanol–water partition coefficient (Wildman–Crippen LogP) is 12.6. The highest BCUT2D eigenvalue weighted by molar-refractivity contribution is 7.63. The Kier molecular flexibility index (Phi) is 8.90. The van der Waals surface area contributed by atoms with E-state index in [-0.39, 0.29) is 5.75 Å². The van der Waals surface area contributed by atoms with E-state index in [0.717, 1.165) is 50.9 Å². The van der Waals surface area contributed by atoms with E-state index in [1.807, 2.05) is 66.7 Å². The number of aromatic hydroxyl groups is 1. The number of aromatic nitrogens is 3. The second kappa shape index (κ2) is 14.3. The van der Waals surface area contributed by atoms with Gasteiger partial charge >= 0.3 is 7.60 Å². The number of aryl methyl sites for hydroxylation is 1. The molecule has 318 valence electrons. The highest BCUT2D eigenvalue weighted by Crippen LogP contribution is 2.54. The van der Waals surface area contributed by atoms with Crippen LogP contribution in [0.15, 0.2) is 187 Å². The molecular formula is C56H50N3O4P. The molecule has 1 unspecified atom stereocenters. The van der Waals surface area contributed by atoms with Crippen LogP contribution in [0.5, 0.6) is 17.2 Å². The monoisotopic (exact) mass is 859 g/mol. The number of phenols is 1. The van der Waals surface area contributed by atoms with Crippen molar-refractivity contribution < 1.29 is 18.7 Å². The summed E-state index contributed by atoms with van der Waals surface area (Å²) in [6, 6.07) is 54.7. The molecule has 0 amide bonds. The minimum Gasteiger partial charge on any atom is -0.508 e. The van der Waals surface area contributed by atoms with Gasteiger partial charge in [-0.1, -0.05) is 96.6 Å². The van der Waals surface area contributed by atoms with Crippen LogP contribution in [0, 0.1) is 6.92 Å². The molecule has 0 fully saturated rings. The van der Waals surface area contributed by atoms with Crippen LogP contribution in [0.25, 0.3) is 0 Å². The molecule has 7 nitrogen and oxygen atoms in total. The van der Waals surface area contributed by atoms with Gasteiger partial charge < -0.3 is 29.1 Å². The summed E-state index contributed by atoms with van der Waals surface area (Å²) in [5, 5.41) is 11.4. The van der Waals surface area contributed by atoms with E-state index in [1.54, 1.807) is 18.2 Å². The van der Waals surface area contributed by atoms with Gasteiger partial charge in [-0.15, -0.1) is 0 Å². The molecule has 0 saturated heterocycles. The SMILES string of the molecule is Cc1cccc([C@]2(C)C3=CC=C(C3)[C@]3(C)c4cccc(c4)OP(=O)(c4ccccc4)Oc4cccc(c4)[C@@](C)(c4ccc3[nH]4)c3ccc([nH]3)[C@](C)(c3cccc(O)c3)c3ccc2[nH]3)c1. The highest BCUT2D eigenvalue weighted by atomic mass is 31.2. The third kappa shape index (κ3) is 5.90. The standard InChI is InChI=1S/C56H50N3O4P/c1-36-13-9-14-37(31-36)53(2)41-23-24-42(32-41)54(3)39-16-11-19-44(34-39)62-64(61,46-21-7-6-8-22-46)63-45-20-12-17-40(35-45)56(5,51-28-26-48(54)58-51)52-30-29-50(59-52)55(4,49-27-25-47(53)57-49)38-15-10-18-43(60)33-38/h6-31,33-35,57-60H,32H2,1-5H3/t53-,54+,55-,56+,64?/m1/s1. The molecular weight excluding hydrogens is 810 g/mol. The maximum atomic E-state index is 15.4. The van der Waals surface area contributed by atoms with E-state index in [0.29, 0.717) is 23.2 Å². The Morgan fingerprint density at radius 1 is 0.469 bits per heavy atom. The molecule has 0 spiro atoms. The van der Waals surface area contributed by atoms with Crippen LogP contribution in [-0.4, -0.2) is 20.1 Å². The minimum absolute atomic E-state index is 0.197. The van der Waals surface area contributed by atoms with Crippen molar-refractivity contribution in [3.8, 4) is 17.2 Å².